The van der Waals surface area contributed by atoms with Gasteiger partial charge < -0.3 is 16.0 Å². The number of aromatic amines is 1. The molecule has 2 aromatic heterocycles. The molecule has 0 bridgehead atoms. The molecule has 0 atom stereocenters. The number of aromatic nitrogens is 2. The minimum absolute atomic E-state index is 0.100. The van der Waals surface area contributed by atoms with Gasteiger partial charge in [-0.05, 0) is 17.9 Å². The second kappa shape index (κ2) is 5.49. The highest BCUT2D eigenvalue weighted by atomic mass is 32.1. The van der Waals surface area contributed by atoms with Gasteiger partial charge in [0.15, 0.2) is 0 Å². The molecule has 4 N–H and O–H groups in total. The Morgan fingerprint density at radius 3 is 3.12 bits per heavy atom. The molecule has 0 aliphatic rings. The van der Waals surface area contributed by atoms with Gasteiger partial charge in [0, 0.05) is 25.4 Å². The van der Waals surface area contributed by atoms with E-state index in [4.69, 9.17) is 5.73 Å². The average Bonchev–Trinajstić information content (AvgIpc) is 2.95. The number of carbonyl (C=O) groups excluding carboxylic acids is 1. The molecule has 0 saturated carbocycles. The van der Waals surface area contributed by atoms with Crippen molar-refractivity contribution in [2.24, 2.45) is 0 Å². The summed E-state index contributed by atoms with van der Waals surface area (Å²) < 4.78 is 0. The lowest BCUT2D eigenvalue weighted by Crippen LogP contribution is -2.24. The van der Waals surface area contributed by atoms with Crippen LogP contribution in [0, 0.1) is 0 Å². The number of amides is 1. The molecule has 2 aromatic rings. The Morgan fingerprint density at radius 1 is 1.59 bits per heavy atom. The summed E-state index contributed by atoms with van der Waals surface area (Å²) in [6.07, 6.45) is 5.19. The first kappa shape index (κ1) is 11.7. The average molecular weight is 250 g/mol. The number of nitrogen functional groups attached to an aromatic ring is 1. The maximum Gasteiger partial charge on any atom is 0.263 e. The zero-order valence-corrected chi connectivity index (χ0v) is 10.1. The molecule has 2 heterocycles. The fourth-order valence-electron chi connectivity index (χ4n) is 1.48. The van der Waals surface area contributed by atoms with Gasteiger partial charge in [-0.2, -0.15) is 0 Å². The number of H-pyrrole nitrogens is 1. The third kappa shape index (κ3) is 3.07. The molecular weight excluding hydrogens is 236 g/mol. The highest BCUT2D eigenvalue weighted by Gasteiger charge is 2.09. The predicted octanol–water partition coefficient (Wildman–Crippen LogP) is 1.42. The van der Waals surface area contributed by atoms with Crippen molar-refractivity contribution in [3.63, 3.8) is 0 Å². The minimum atomic E-state index is -0.100. The van der Waals surface area contributed by atoms with Gasteiger partial charge >= 0.3 is 0 Å². The first-order valence-electron chi connectivity index (χ1n) is 5.37. The predicted molar refractivity (Wildman–Crippen MR) is 68.0 cm³/mol. The first-order chi connectivity index (χ1) is 8.27. The molecule has 0 fully saturated rings. The second-order valence-corrected chi connectivity index (χ2v) is 4.52. The van der Waals surface area contributed by atoms with Crippen molar-refractivity contribution >= 4 is 22.9 Å². The molecule has 0 spiro atoms. The van der Waals surface area contributed by atoms with Crippen molar-refractivity contribution < 1.29 is 4.79 Å². The van der Waals surface area contributed by atoms with Crippen molar-refractivity contribution in [2.75, 3.05) is 12.3 Å². The van der Waals surface area contributed by atoms with E-state index in [1.807, 2.05) is 5.38 Å². The second-order valence-electron chi connectivity index (χ2n) is 3.60. The number of carbonyl (C=O) groups is 1. The zero-order chi connectivity index (χ0) is 12.1. The molecular formula is C11H14N4OS. The minimum Gasteiger partial charge on any atom is -0.397 e. The summed E-state index contributed by atoms with van der Waals surface area (Å²) in [5, 5.41) is 4.65. The summed E-state index contributed by atoms with van der Waals surface area (Å²) in [5.74, 6) is 0.840. The number of anilines is 1. The SMILES string of the molecule is Nc1ccsc1C(=O)NCCCc1ncc[nH]1. The molecule has 6 heteroatoms. The van der Waals surface area contributed by atoms with Crippen LogP contribution in [0.4, 0.5) is 5.69 Å². The van der Waals surface area contributed by atoms with Crippen molar-refractivity contribution in [3.05, 3.63) is 34.5 Å². The Kier molecular flexibility index (Phi) is 3.77. The van der Waals surface area contributed by atoms with Gasteiger partial charge in [0.25, 0.3) is 5.91 Å². The van der Waals surface area contributed by atoms with Crippen molar-refractivity contribution in [3.8, 4) is 0 Å². The highest BCUT2D eigenvalue weighted by molar-refractivity contribution is 7.12. The van der Waals surface area contributed by atoms with Crippen molar-refractivity contribution in [2.45, 2.75) is 12.8 Å². The Balaban J connectivity index is 1.72. The summed E-state index contributed by atoms with van der Waals surface area (Å²) in [6.45, 7) is 0.622. The fraction of sp³-hybridized carbons (Fsp3) is 0.273. The smallest absolute Gasteiger partial charge is 0.263 e. The van der Waals surface area contributed by atoms with E-state index in [1.54, 1.807) is 18.5 Å². The number of hydrogen-bond acceptors (Lipinski definition) is 4. The van der Waals surface area contributed by atoms with Crippen LogP contribution in [0.5, 0.6) is 0 Å². The number of rotatable bonds is 5. The third-order valence-corrected chi connectivity index (χ3v) is 3.26. The summed E-state index contributed by atoms with van der Waals surface area (Å²) in [5.41, 5.74) is 6.20. The van der Waals surface area contributed by atoms with E-state index >= 15 is 0 Å². The molecule has 0 saturated heterocycles. The van der Waals surface area contributed by atoms with Crippen molar-refractivity contribution in [1.82, 2.24) is 15.3 Å². The number of nitrogens with one attached hydrogen (secondary N) is 2. The van der Waals surface area contributed by atoms with Crippen LogP contribution in [0.2, 0.25) is 0 Å². The van der Waals surface area contributed by atoms with E-state index in [1.165, 1.54) is 11.3 Å². The van der Waals surface area contributed by atoms with Gasteiger partial charge in [0.1, 0.15) is 10.7 Å². The number of nitrogens with two attached hydrogens (primary N) is 1. The largest absolute Gasteiger partial charge is 0.397 e. The highest BCUT2D eigenvalue weighted by Crippen LogP contribution is 2.18. The Hall–Kier alpha value is -1.82. The molecule has 90 valence electrons. The van der Waals surface area contributed by atoms with E-state index in [0.29, 0.717) is 17.1 Å². The topological polar surface area (TPSA) is 83.8 Å². The monoisotopic (exact) mass is 250 g/mol. The van der Waals surface area contributed by atoms with Crippen LogP contribution in [0.3, 0.4) is 0 Å². The van der Waals surface area contributed by atoms with E-state index in [2.05, 4.69) is 15.3 Å². The quantitative estimate of drug-likeness (QED) is 0.702. The Bertz CT molecular complexity index is 477. The van der Waals surface area contributed by atoms with Gasteiger partial charge in [0.05, 0.1) is 5.69 Å². The van der Waals surface area contributed by atoms with E-state index < -0.39 is 0 Å². The Morgan fingerprint density at radius 2 is 2.47 bits per heavy atom. The third-order valence-electron chi connectivity index (χ3n) is 2.33. The Labute approximate surface area is 103 Å². The van der Waals surface area contributed by atoms with Gasteiger partial charge in [-0.3, -0.25) is 4.79 Å². The first-order valence-corrected chi connectivity index (χ1v) is 6.25. The number of nitrogens with zero attached hydrogens (tertiary/aromatic N) is 1. The normalized spacial score (nSPS) is 10.4. The maximum atomic E-state index is 11.7. The van der Waals surface area contributed by atoms with Crippen LogP contribution in [0.1, 0.15) is 21.9 Å². The summed E-state index contributed by atoms with van der Waals surface area (Å²) in [4.78, 5) is 19.4. The van der Waals surface area contributed by atoms with Crippen LogP contribution >= 0.6 is 11.3 Å². The van der Waals surface area contributed by atoms with Gasteiger partial charge in [-0.25, -0.2) is 4.98 Å². The van der Waals surface area contributed by atoms with E-state index in [9.17, 15) is 4.79 Å². The molecule has 0 aliphatic carbocycles. The summed E-state index contributed by atoms with van der Waals surface area (Å²) >= 11 is 1.36. The molecule has 17 heavy (non-hydrogen) atoms. The van der Waals surface area contributed by atoms with Gasteiger partial charge in [-0.1, -0.05) is 0 Å². The molecule has 0 unspecified atom stereocenters. The van der Waals surface area contributed by atoms with Crippen LogP contribution in [0.25, 0.3) is 0 Å². The van der Waals surface area contributed by atoms with Crippen LogP contribution in [0.15, 0.2) is 23.8 Å². The van der Waals surface area contributed by atoms with E-state index in [-0.39, 0.29) is 5.91 Å². The lowest BCUT2D eigenvalue weighted by molar-refractivity contribution is 0.0958. The maximum absolute atomic E-state index is 11.7. The molecule has 1 amide bonds. The summed E-state index contributed by atoms with van der Waals surface area (Å²) in [6, 6.07) is 1.74. The molecule has 0 aromatic carbocycles. The lowest BCUT2D eigenvalue weighted by Gasteiger charge is -2.03. The zero-order valence-electron chi connectivity index (χ0n) is 9.27. The van der Waals surface area contributed by atoms with Crippen molar-refractivity contribution in [1.29, 1.82) is 0 Å². The number of thiophene rings is 1. The van der Waals surface area contributed by atoms with E-state index in [0.717, 1.165) is 18.7 Å². The molecule has 0 radical (unpaired) electrons. The standard InChI is InChI=1S/C11H14N4OS/c12-8-3-7-17-10(8)11(16)15-4-1-2-9-13-5-6-14-9/h3,5-7H,1-2,4,12H2,(H,13,14)(H,15,16). The van der Waals surface area contributed by atoms with Gasteiger partial charge in [-0.15, -0.1) is 11.3 Å². The van der Waals surface area contributed by atoms with Crippen LogP contribution in [-0.4, -0.2) is 22.4 Å². The van der Waals surface area contributed by atoms with Crippen LogP contribution in [-0.2, 0) is 6.42 Å². The molecule has 5 nitrogen and oxygen atoms in total. The number of hydrogen-bond donors (Lipinski definition) is 3. The summed E-state index contributed by atoms with van der Waals surface area (Å²) in [7, 11) is 0. The number of aryl methyl sites for hydroxylation is 1. The fourth-order valence-corrected chi connectivity index (χ4v) is 2.21. The molecule has 0 aliphatic heterocycles. The number of imidazole rings is 1. The lowest BCUT2D eigenvalue weighted by atomic mass is 10.3. The van der Waals surface area contributed by atoms with Gasteiger partial charge in [0.2, 0.25) is 0 Å². The van der Waals surface area contributed by atoms with Crippen LogP contribution < -0.4 is 11.1 Å². The molecule has 2 rings (SSSR count).